The van der Waals surface area contributed by atoms with Crippen molar-refractivity contribution in [3.8, 4) is 5.75 Å². The Morgan fingerprint density at radius 2 is 2.12 bits per heavy atom. The molecule has 0 aliphatic heterocycles. The second-order valence-corrected chi connectivity index (χ2v) is 6.15. The largest absolute Gasteiger partial charge is 0.464 e. The van der Waals surface area contributed by atoms with Crippen molar-refractivity contribution in [1.82, 2.24) is 9.55 Å². The summed E-state index contributed by atoms with van der Waals surface area (Å²) in [5.41, 5.74) is -0.791. The molecule has 0 spiro atoms. The standard InChI is InChI=1S/C17H12F2N2O4S/c1-21-5-4-20-17(21)26-9-11-7-14(22)15(8-24-11)25-16(23)10-2-3-12(18)13(19)6-10/h2-8H,9H2,1H3. The molecule has 0 unspecified atom stereocenters. The van der Waals surface area contributed by atoms with Gasteiger partial charge in [-0.3, -0.25) is 4.79 Å². The van der Waals surface area contributed by atoms with Crippen molar-refractivity contribution < 1.29 is 22.7 Å². The van der Waals surface area contributed by atoms with Crippen molar-refractivity contribution in [3.63, 3.8) is 0 Å². The summed E-state index contributed by atoms with van der Waals surface area (Å²) < 4.78 is 38.1. The first-order valence-electron chi connectivity index (χ1n) is 7.33. The number of thioether (sulfide) groups is 1. The Morgan fingerprint density at radius 1 is 1.31 bits per heavy atom. The first-order valence-corrected chi connectivity index (χ1v) is 8.31. The van der Waals surface area contributed by atoms with Crippen LogP contribution in [0.2, 0.25) is 0 Å². The number of hydrogen-bond donors (Lipinski definition) is 0. The van der Waals surface area contributed by atoms with Crippen molar-refractivity contribution in [2.45, 2.75) is 10.9 Å². The maximum Gasteiger partial charge on any atom is 0.343 e. The predicted molar refractivity (Wildman–Crippen MR) is 89.1 cm³/mol. The third-order valence-electron chi connectivity index (χ3n) is 3.33. The number of rotatable bonds is 5. The van der Waals surface area contributed by atoms with Crippen LogP contribution in [0.5, 0.6) is 5.75 Å². The van der Waals surface area contributed by atoms with Crippen LogP contribution in [0.15, 0.2) is 57.3 Å². The zero-order valence-corrected chi connectivity index (χ0v) is 14.3. The van der Waals surface area contributed by atoms with Gasteiger partial charge in [0.1, 0.15) is 12.0 Å². The number of halogens is 2. The molecule has 0 saturated heterocycles. The van der Waals surface area contributed by atoms with Gasteiger partial charge >= 0.3 is 5.97 Å². The van der Waals surface area contributed by atoms with Crippen LogP contribution in [0.4, 0.5) is 8.78 Å². The van der Waals surface area contributed by atoms with Gasteiger partial charge in [0.2, 0.25) is 11.2 Å². The van der Waals surface area contributed by atoms with E-state index in [0.717, 1.165) is 23.6 Å². The van der Waals surface area contributed by atoms with Crippen LogP contribution in [-0.2, 0) is 12.8 Å². The fourth-order valence-electron chi connectivity index (χ4n) is 2.00. The van der Waals surface area contributed by atoms with Gasteiger partial charge in [-0.2, -0.15) is 0 Å². The normalized spacial score (nSPS) is 10.7. The van der Waals surface area contributed by atoms with Crippen LogP contribution < -0.4 is 10.2 Å². The van der Waals surface area contributed by atoms with Crippen molar-refractivity contribution in [1.29, 1.82) is 0 Å². The molecule has 0 radical (unpaired) electrons. The van der Waals surface area contributed by atoms with Gasteiger partial charge in [-0.15, -0.1) is 0 Å². The van der Waals surface area contributed by atoms with Gasteiger partial charge in [-0.05, 0) is 18.2 Å². The van der Waals surface area contributed by atoms with Crippen LogP contribution in [0.1, 0.15) is 16.1 Å². The quantitative estimate of drug-likeness (QED) is 0.502. The molecule has 3 rings (SSSR count). The number of nitrogens with zero attached hydrogens (tertiary/aromatic N) is 2. The van der Waals surface area contributed by atoms with Crippen molar-refractivity contribution in [2.75, 3.05) is 0 Å². The number of esters is 1. The summed E-state index contributed by atoms with van der Waals surface area (Å²) in [6.45, 7) is 0. The van der Waals surface area contributed by atoms with E-state index in [1.54, 1.807) is 12.4 Å². The molecule has 0 fully saturated rings. The molecule has 2 heterocycles. The van der Waals surface area contributed by atoms with Crippen LogP contribution in [0.3, 0.4) is 0 Å². The number of benzene rings is 1. The summed E-state index contributed by atoms with van der Waals surface area (Å²) in [5.74, 6) is -2.88. The van der Waals surface area contributed by atoms with Crippen LogP contribution >= 0.6 is 11.8 Å². The first-order chi connectivity index (χ1) is 12.4. The highest BCUT2D eigenvalue weighted by atomic mass is 32.2. The highest BCUT2D eigenvalue weighted by molar-refractivity contribution is 7.98. The van der Waals surface area contributed by atoms with E-state index in [9.17, 15) is 18.4 Å². The van der Waals surface area contributed by atoms with Gasteiger partial charge in [0, 0.05) is 25.5 Å². The molecule has 0 aliphatic rings. The summed E-state index contributed by atoms with van der Waals surface area (Å²) in [5, 5.41) is 0.751. The molecule has 0 saturated carbocycles. The van der Waals surface area contributed by atoms with Gasteiger partial charge in [0.15, 0.2) is 16.8 Å². The molecule has 0 amide bonds. The third-order valence-corrected chi connectivity index (χ3v) is 4.41. The zero-order chi connectivity index (χ0) is 18.7. The minimum atomic E-state index is -1.19. The number of aryl methyl sites for hydroxylation is 1. The Morgan fingerprint density at radius 3 is 2.77 bits per heavy atom. The lowest BCUT2D eigenvalue weighted by atomic mass is 10.2. The SMILES string of the molecule is Cn1ccnc1SCc1cc(=O)c(OC(=O)c2ccc(F)c(F)c2)co1. The summed E-state index contributed by atoms with van der Waals surface area (Å²) >= 11 is 1.37. The molecule has 1 aromatic carbocycles. The van der Waals surface area contributed by atoms with E-state index in [2.05, 4.69) is 4.98 Å². The Bertz CT molecular complexity index is 1020. The Balaban J connectivity index is 1.69. The van der Waals surface area contributed by atoms with Gasteiger partial charge in [-0.1, -0.05) is 11.8 Å². The Labute approximate surface area is 150 Å². The minimum absolute atomic E-state index is 0.224. The Kier molecular flexibility index (Phi) is 5.17. The zero-order valence-electron chi connectivity index (χ0n) is 13.4. The lowest BCUT2D eigenvalue weighted by Gasteiger charge is -2.05. The number of carbonyl (C=O) groups excluding carboxylic acids is 1. The van der Waals surface area contributed by atoms with Crippen LogP contribution in [0, 0.1) is 11.6 Å². The van der Waals surface area contributed by atoms with Crippen molar-refractivity contribution >= 4 is 17.7 Å². The molecule has 0 aliphatic carbocycles. The lowest BCUT2D eigenvalue weighted by molar-refractivity contribution is 0.0728. The molecular weight excluding hydrogens is 366 g/mol. The molecule has 0 bridgehead atoms. The van der Waals surface area contributed by atoms with E-state index in [1.165, 1.54) is 17.8 Å². The maximum absolute atomic E-state index is 13.2. The summed E-state index contributed by atoms with van der Waals surface area (Å²) in [7, 11) is 1.84. The van der Waals surface area contributed by atoms with Crippen molar-refractivity contribution in [2.24, 2.45) is 7.05 Å². The summed E-state index contributed by atoms with van der Waals surface area (Å²) in [4.78, 5) is 28.1. The summed E-state index contributed by atoms with van der Waals surface area (Å²) in [6, 6.07) is 3.74. The molecule has 26 heavy (non-hydrogen) atoms. The lowest BCUT2D eigenvalue weighted by Crippen LogP contribution is -2.15. The average molecular weight is 378 g/mol. The molecule has 3 aromatic rings. The van der Waals surface area contributed by atoms with E-state index < -0.39 is 23.0 Å². The van der Waals surface area contributed by atoms with Crippen molar-refractivity contribution in [3.05, 3.63) is 76.1 Å². The molecule has 134 valence electrons. The highest BCUT2D eigenvalue weighted by Crippen LogP contribution is 2.21. The summed E-state index contributed by atoms with van der Waals surface area (Å²) in [6.07, 6.45) is 4.45. The molecule has 0 atom stereocenters. The molecule has 6 nitrogen and oxygen atoms in total. The number of carbonyl (C=O) groups is 1. The predicted octanol–water partition coefficient (Wildman–Crippen LogP) is 3.16. The monoisotopic (exact) mass is 378 g/mol. The van der Waals surface area contributed by atoms with E-state index in [1.807, 2.05) is 11.6 Å². The number of imidazole rings is 1. The van der Waals surface area contributed by atoms with E-state index >= 15 is 0 Å². The smallest absolute Gasteiger partial charge is 0.343 e. The Hall–Kier alpha value is -2.94. The second-order valence-electron chi connectivity index (χ2n) is 5.20. The minimum Gasteiger partial charge on any atom is -0.464 e. The van der Waals surface area contributed by atoms with Gasteiger partial charge in [0.05, 0.1) is 11.3 Å². The van der Waals surface area contributed by atoms with E-state index in [0.29, 0.717) is 17.6 Å². The van der Waals surface area contributed by atoms with Gasteiger partial charge in [-0.25, -0.2) is 18.6 Å². The average Bonchev–Trinajstić information content (AvgIpc) is 3.02. The number of ether oxygens (including phenoxy) is 1. The topological polar surface area (TPSA) is 74.3 Å². The van der Waals surface area contributed by atoms with Crippen LogP contribution in [-0.4, -0.2) is 15.5 Å². The number of aromatic nitrogens is 2. The van der Waals surface area contributed by atoms with E-state index in [4.69, 9.17) is 9.15 Å². The van der Waals surface area contributed by atoms with Gasteiger partial charge < -0.3 is 13.7 Å². The number of hydrogen-bond acceptors (Lipinski definition) is 6. The van der Waals surface area contributed by atoms with Gasteiger partial charge in [0.25, 0.3) is 0 Å². The highest BCUT2D eigenvalue weighted by Gasteiger charge is 2.15. The van der Waals surface area contributed by atoms with Crippen LogP contribution in [0.25, 0.3) is 0 Å². The second kappa shape index (κ2) is 7.52. The fraction of sp³-hybridized carbons (Fsp3) is 0.118. The molecule has 2 aromatic heterocycles. The molecule has 9 heteroatoms. The van der Waals surface area contributed by atoms with E-state index in [-0.39, 0.29) is 11.3 Å². The fourth-order valence-corrected chi connectivity index (χ4v) is 2.82. The third kappa shape index (κ3) is 3.99. The first kappa shape index (κ1) is 17.9. The molecular formula is C17H12F2N2O4S. The molecule has 0 N–H and O–H groups in total. The maximum atomic E-state index is 13.2.